The highest BCUT2D eigenvalue weighted by atomic mass is 16.5. The van der Waals surface area contributed by atoms with Crippen LogP contribution in [-0.2, 0) is 9.53 Å². The Kier molecular flexibility index (Phi) is 6.94. The first kappa shape index (κ1) is 15.4. The van der Waals surface area contributed by atoms with E-state index in [1.54, 1.807) is 6.08 Å². The minimum atomic E-state index is -0.294. The number of nitrogens with zero attached hydrogens (tertiary/aromatic N) is 1. The molecular weight excluding hydrogens is 216 g/mol. The highest BCUT2D eigenvalue weighted by Crippen LogP contribution is 2.14. The van der Waals surface area contributed by atoms with Crippen molar-refractivity contribution in [1.29, 1.82) is 0 Å². The molecule has 0 amide bonds. The molecule has 1 aromatic heterocycles. The van der Waals surface area contributed by atoms with Gasteiger partial charge in [-0.2, -0.15) is 5.10 Å². The van der Waals surface area contributed by atoms with Gasteiger partial charge in [0.25, 0.3) is 0 Å². The summed E-state index contributed by atoms with van der Waals surface area (Å²) in [5.41, 5.74) is 3.51. The Balaban J connectivity index is 0.00000121. The molecule has 1 N–H and O–H groups in total. The Hall–Kier alpha value is -1.58. The monoisotopic (exact) mass is 238 g/mol. The van der Waals surface area contributed by atoms with E-state index < -0.39 is 0 Å². The predicted molar refractivity (Wildman–Crippen MR) is 69.7 cm³/mol. The van der Waals surface area contributed by atoms with Gasteiger partial charge in [-0.25, -0.2) is 4.79 Å². The first-order chi connectivity index (χ1) is 8.10. The lowest BCUT2D eigenvalue weighted by molar-refractivity contribution is -0.136. The predicted octanol–water partition coefficient (Wildman–Crippen LogP) is 3.02. The fourth-order valence-corrected chi connectivity index (χ4v) is 1.25. The van der Waals surface area contributed by atoms with E-state index in [9.17, 15) is 4.79 Å². The molecule has 0 atom stereocenters. The first-order valence-corrected chi connectivity index (χ1v) is 5.90. The molecule has 96 valence electrons. The molecule has 0 unspecified atom stereocenters. The molecule has 17 heavy (non-hydrogen) atoms. The van der Waals surface area contributed by atoms with Crippen LogP contribution in [0.4, 0.5) is 0 Å². The van der Waals surface area contributed by atoms with Gasteiger partial charge in [-0.15, -0.1) is 0 Å². The largest absolute Gasteiger partial charge is 0.466 e. The molecule has 4 nitrogen and oxygen atoms in total. The number of esters is 1. The first-order valence-electron chi connectivity index (χ1n) is 5.90. The topological polar surface area (TPSA) is 55.0 Å². The normalized spacial score (nSPS) is 10.6. The highest BCUT2D eigenvalue weighted by molar-refractivity contribution is 5.93. The Labute approximate surface area is 103 Å². The van der Waals surface area contributed by atoms with Crippen molar-refractivity contribution in [3.05, 3.63) is 22.5 Å². The number of rotatable bonds is 3. The van der Waals surface area contributed by atoms with Gasteiger partial charge >= 0.3 is 5.97 Å². The van der Waals surface area contributed by atoms with Crippen LogP contribution in [0.1, 0.15) is 44.1 Å². The molecule has 1 aromatic rings. The maximum atomic E-state index is 11.3. The standard InChI is InChI=1S/C11H16N2O2.C2H6/c1-5-9(11(14)15-4)6-10-7(2)8(3)12-13-10;1-2/h6H,5H2,1-4H3,(H,12,13);1-2H3/b9-6+;. The number of carbonyl (C=O) groups excluding carboxylic acids is 1. The van der Waals surface area contributed by atoms with Gasteiger partial charge in [0.15, 0.2) is 0 Å². The summed E-state index contributed by atoms with van der Waals surface area (Å²) in [4.78, 5) is 11.3. The fourth-order valence-electron chi connectivity index (χ4n) is 1.25. The summed E-state index contributed by atoms with van der Waals surface area (Å²) in [6.07, 6.45) is 2.41. The molecular formula is C13H22N2O2. The van der Waals surface area contributed by atoms with Crippen molar-refractivity contribution in [1.82, 2.24) is 10.2 Å². The molecule has 1 rings (SSSR count). The Morgan fingerprint density at radius 3 is 2.35 bits per heavy atom. The summed E-state index contributed by atoms with van der Waals surface area (Å²) in [6.45, 7) is 9.83. The number of aromatic nitrogens is 2. The zero-order chi connectivity index (χ0) is 13.4. The van der Waals surface area contributed by atoms with E-state index in [1.807, 2.05) is 34.6 Å². The minimum absolute atomic E-state index is 0.294. The van der Waals surface area contributed by atoms with Gasteiger partial charge in [-0.05, 0) is 31.9 Å². The second kappa shape index (κ2) is 7.65. The fraction of sp³-hybridized carbons (Fsp3) is 0.538. The van der Waals surface area contributed by atoms with Gasteiger partial charge in [0.1, 0.15) is 0 Å². The third-order valence-corrected chi connectivity index (χ3v) is 2.43. The molecule has 0 spiro atoms. The molecule has 4 heteroatoms. The van der Waals surface area contributed by atoms with Crippen molar-refractivity contribution in [2.75, 3.05) is 7.11 Å². The van der Waals surface area contributed by atoms with Crippen LogP contribution in [0, 0.1) is 13.8 Å². The number of aryl methyl sites for hydroxylation is 1. The van der Waals surface area contributed by atoms with Crippen molar-refractivity contribution < 1.29 is 9.53 Å². The average molecular weight is 238 g/mol. The van der Waals surface area contributed by atoms with Crippen LogP contribution >= 0.6 is 0 Å². The highest BCUT2D eigenvalue weighted by Gasteiger charge is 2.10. The Morgan fingerprint density at radius 1 is 1.41 bits per heavy atom. The van der Waals surface area contributed by atoms with Crippen LogP contribution in [0.25, 0.3) is 6.08 Å². The summed E-state index contributed by atoms with van der Waals surface area (Å²) in [6, 6.07) is 0. The molecule has 0 aliphatic heterocycles. The number of nitrogens with one attached hydrogen (secondary N) is 1. The SMILES string of the molecule is CC.CC/C(=C\c1n[nH]c(C)c1C)C(=O)OC. The van der Waals surface area contributed by atoms with E-state index in [0.29, 0.717) is 12.0 Å². The molecule has 0 aliphatic carbocycles. The van der Waals surface area contributed by atoms with E-state index in [4.69, 9.17) is 0 Å². The van der Waals surface area contributed by atoms with E-state index in [0.717, 1.165) is 17.0 Å². The average Bonchev–Trinajstić information content (AvgIpc) is 2.69. The number of methoxy groups -OCH3 is 1. The number of H-pyrrole nitrogens is 1. The van der Waals surface area contributed by atoms with Crippen LogP contribution in [-0.4, -0.2) is 23.3 Å². The van der Waals surface area contributed by atoms with Gasteiger partial charge in [-0.1, -0.05) is 20.8 Å². The molecule has 0 radical (unpaired) electrons. The van der Waals surface area contributed by atoms with Crippen LogP contribution in [0.15, 0.2) is 5.57 Å². The summed E-state index contributed by atoms with van der Waals surface area (Å²) in [5, 5.41) is 6.99. The zero-order valence-electron chi connectivity index (χ0n) is 11.5. The lowest BCUT2D eigenvalue weighted by atomic mass is 10.1. The molecule has 0 fully saturated rings. The van der Waals surface area contributed by atoms with Gasteiger partial charge < -0.3 is 4.74 Å². The van der Waals surface area contributed by atoms with Crippen molar-refractivity contribution in [2.45, 2.75) is 41.0 Å². The van der Waals surface area contributed by atoms with Gasteiger partial charge in [0.05, 0.1) is 12.8 Å². The molecule has 0 saturated heterocycles. The van der Waals surface area contributed by atoms with E-state index in [2.05, 4.69) is 14.9 Å². The quantitative estimate of drug-likeness (QED) is 0.650. The van der Waals surface area contributed by atoms with Crippen LogP contribution in [0.3, 0.4) is 0 Å². The van der Waals surface area contributed by atoms with Crippen LogP contribution in [0.2, 0.25) is 0 Å². The Bertz CT molecular complexity index is 392. The second-order valence-corrected chi connectivity index (χ2v) is 3.37. The third-order valence-electron chi connectivity index (χ3n) is 2.43. The van der Waals surface area contributed by atoms with E-state index in [-0.39, 0.29) is 5.97 Å². The third kappa shape index (κ3) is 4.06. The van der Waals surface area contributed by atoms with Crippen molar-refractivity contribution >= 4 is 12.0 Å². The van der Waals surface area contributed by atoms with Crippen molar-refractivity contribution in [3.63, 3.8) is 0 Å². The molecule has 0 saturated carbocycles. The lowest BCUT2D eigenvalue weighted by Crippen LogP contribution is -2.03. The minimum Gasteiger partial charge on any atom is -0.466 e. The summed E-state index contributed by atoms with van der Waals surface area (Å²) >= 11 is 0. The second-order valence-electron chi connectivity index (χ2n) is 3.37. The number of ether oxygens (including phenoxy) is 1. The number of carbonyl (C=O) groups is 1. The van der Waals surface area contributed by atoms with Gasteiger partial charge in [-0.3, -0.25) is 5.10 Å². The maximum absolute atomic E-state index is 11.3. The maximum Gasteiger partial charge on any atom is 0.333 e. The molecule has 0 bridgehead atoms. The van der Waals surface area contributed by atoms with E-state index >= 15 is 0 Å². The smallest absolute Gasteiger partial charge is 0.333 e. The summed E-state index contributed by atoms with van der Waals surface area (Å²) < 4.78 is 4.68. The van der Waals surface area contributed by atoms with Crippen molar-refractivity contribution in [2.24, 2.45) is 0 Å². The molecule has 0 aromatic carbocycles. The molecule has 1 heterocycles. The summed E-state index contributed by atoms with van der Waals surface area (Å²) in [5.74, 6) is -0.294. The summed E-state index contributed by atoms with van der Waals surface area (Å²) in [7, 11) is 1.38. The number of hydrogen-bond acceptors (Lipinski definition) is 3. The van der Waals surface area contributed by atoms with Gasteiger partial charge in [0.2, 0.25) is 0 Å². The lowest BCUT2D eigenvalue weighted by Gasteiger charge is -2.00. The van der Waals surface area contributed by atoms with Crippen LogP contribution < -0.4 is 0 Å². The van der Waals surface area contributed by atoms with E-state index in [1.165, 1.54) is 7.11 Å². The Morgan fingerprint density at radius 2 is 2.00 bits per heavy atom. The van der Waals surface area contributed by atoms with Crippen LogP contribution in [0.5, 0.6) is 0 Å². The number of hydrogen-bond donors (Lipinski definition) is 1. The number of aromatic amines is 1. The van der Waals surface area contributed by atoms with Crippen molar-refractivity contribution in [3.8, 4) is 0 Å². The van der Waals surface area contributed by atoms with Gasteiger partial charge in [0, 0.05) is 11.3 Å². The molecule has 0 aliphatic rings. The zero-order valence-corrected chi connectivity index (χ0v) is 11.5.